The maximum atomic E-state index is 12.1. The smallest absolute Gasteiger partial charge is 0.323 e. The molecule has 1 fully saturated rings. The summed E-state index contributed by atoms with van der Waals surface area (Å²) >= 11 is 0. The maximum absolute atomic E-state index is 12.1. The quantitative estimate of drug-likeness (QED) is 0.608. The van der Waals surface area contributed by atoms with Gasteiger partial charge in [0.25, 0.3) is 0 Å². The molecule has 3 amide bonds. The van der Waals surface area contributed by atoms with Gasteiger partial charge in [-0.2, -0.15) is 0 Å². The van der Waals surface area contributed by atoms with Crippen molar-refractivity contribution in [3.63, 3.8) is 0 Å². The van der Waals surface area contributed by atoms with Crippen molar-refractivity contribution < 1.29 is 29.4 Å². The third-order valence-electron chi connectivity index (χ3n) is 3.10. The monoisotopic (exact) mass is 301 g/mol. The molecule has 0 aliphatic carbocycles. The summed E-state index contributed by atoms with van der Waals surface area (Å²) in [5.41, 5.74) is 0. The minimum Gasteiger partial charge on any atom is -0.480 e. The van der Waals surface area contributed by atoms with Crippen LogP contribution in [0.3, 0.4) is 0 Å². The Labute approximate surface area is 121 Å². The minimum atomic E-state index is -1.27. The Balaban J connectivity index is 2.58. The summed E-state index contributed by atoms with van der Waals surface area (Å²) in [6.45, 7) is 0.797. The first-order valence-electron chi connectivity index (χ1n) is 6.54. The summed E-state index contributed by atoms with van der Waals surface area (Å²) < 4.78 is 0. The number of hydrogen-bond acceptors (Lipinski definition) is 4. The number of amides is 3. The highest BCUT2D eigenvalue weighted by molar-refractivity contribution is 5.84. The first-order chi connectivity index (χ1) is 9.79. The van der Waals surface area contributed by atoms with Crippen molar-refractivity contribution in [2.24, 2.45) is 0 Å². The van der Waals surface area contributed by atoms with Gasteiger partial charge in [-0.3, -0.25) is 14.4 Å². The van der Waals surface area contributed by atoms with Crippen LogP contribution in [0.5, 0.6) is 0 Å². The Morgan fingerprint density at radius 3 is 1.95 bits per heavy atom. The number of rotatable bonds is 5. The number of piperidine rings is 1. The van der Waals surface area contributed by atoms with Crippen molar-refractivity contribution in [3.05, 3.63) is 0 Å². The molecule has 1 aliphatic heterocycles. The van der Waals surface area contributed by atoms with Gasteiger partial charge in [0, 0.05) is 26.1 Å². The second-order valence-electron chi connectivity index (χ2n) is 4.89. The van der Waals surface area contributed by atoms with E-state index in [1.54, 1.807) is 0 Å². The van der Waals surface area contributed by atoms with E-state index in [4.69, 9.17) is 10.2 Å². The van der Waals surface area contributed by atoms with Crippen LogP contribution >= 0.6 is 0 Å². The molecule has 9 nitrogen and oxygen atoms in total. The van der Waals surface area contributed by atoms with Crippen molar-refractivity contribution in [1.29, 1.82) is 0 Å². The molecule has 0 aromatic heterocycles. The molecule has 3 N–H and O–H groups in total. The Kier molecular flexibility index (Phi) is 5.94. The van der Waals surface area contributed by atoms with Crippen molar-refractivity contribution in [2.75, 3.05) is 26.2 Å². The predicted molar refractivity (Wildman–Crippen MR) is 70.7 cm³/mol. The SMILES string of the molecule is CC(=O)NC1CCN(C(=O)N(CC(=O)O)CC(=O)O)CC1. The number of nitrogens with zero attached hydrogens (tertiary/aromatic N) is 2. The van der Waals surface area contributed by atoms with Gasteiger partial charge in [0.05, 0.1) is 0 Å². The van der Waals surface area contributed by atoms with E-state index in [-0.39, 0.29) is 11.9 Å². The summed E-state index contributed by atoms with van der Waals surface area (Å²) in [6.07, 6.45) is 1.11. The zero-order chi connectivity index (χ0) is 16.0. The average molecular weight is 301 g/mol. The van der Waals surface area contributed by atoms with Gasteiger partial charge >= 0.3 is 18.0 Å². The second kappa shape index (κ2) is 7.46. The first kappa shape index (κ1) is 16.7. The van der Waals surface area contributed by atoms with Gasteiger partial charge in [0.15, 0.2) is 0 Å². The number of hydrogen-bond donors (Lipinski definition) is 3. The van der Waals surface area contributed by atoms with Crippen LogP contribution in [0, 0.1) is 0 Å². The summed E-state index contributed by atoms with van der Waals surface area (Å²) in [5.74, 6) is -2.67. The van der Waals surface area contributed by atoms with Gasteiger partial charge in [0.2, 0.25) is 5.91 Å². The molecule has 0 unspecified atom stereocenters. The van der Waals surface area contributed by atoms with E-state index in [1.165, 1.54) is 11.8 Å². The molecule has 0 saturated carbocycles. The van der Waals surface area contributed by atoms with Crippen LogP contribution in [0.25, 0.3) is 0 Å². The van der Waals surface area contributed by atoms with Crippen LogP contribution in [-0.4, -0.2) is 76.1 Å². The fourth-order valence-corrected chi connectivity index (χ4v) is 2.22. The van der Waals surface area contributed by atoms with E-state index in [0.29, 0.717) is 25.9 Å². The minimum absolute atomic E-state index is 0.0149. The second-order valence-corrected chi connectivity index (χ2v) is 4.89. The Bertz CT molecular complexity index is 415. The molecule has 0 spiro atoms. The van der Waals surface area contributed by atoms with Gasteiger partial charge in [-0.25, -0.2) is 4.79 Å². The molecule has 1 heterocycles. The lowest BCUT2D eigenvalue weighted by Gasteiger charge is -2.35. The molecule has 21 heavy (non-hydrogen) atoms. The number of aliphatic carboxylic acids is 2. The molecule has 9 heteroatoms. The van der Waals surface area contributed by atoms with E-state index in [0.717, 1.165) is 4.90 Å². The van der Waals surface area contributed by atoms with Crippen LogP contribution < -0.4 is 5.32 Å². The third kappa shape index (κ3) is 5.67. The third-order valence-corrected chi connectivity index (χ3v) is 3.10. The Morgan fingerprint density at radius 1 is 1.10 bits per heavy atom. The van der Waals surface area contributed by atoms with Crippen LogP contribution in [0.15, 0.2) is 0 Å². The molecule has 0 atom stereocenters. The summed E-state index contributed by atoms with van der Waals surface area (Å²) in [6, 6.07) is -0.625. The topological polar surface area (TPSA) is 127 Å². The van der Waals surface area contributed by atoms with Crippen LogP contribution in [0.2, 0.25) is 0 Å². The van der Waals surface area contributed by atoms with Crippen molar-refractivity contribution in [3.8, 4) is 0 Å². The lowest BCUT2D eigenvalue weighted by atomic mass is 10.1. The van der Waals surface area contributed by atoms with Gasteiger partial charge in [0.1, 0.15) is 13.1 Å². The summed E-state index contributed by atoms with van der Waals surface area (Å²) in [5, 5.41) is 20.2. The fraction of sp³-hybridized carbons (Fsp3) is 0.667. The van der Waals surface area contributed by atoms with E-state index in [2.05, 4.69) is 5.32 Å². The van der Waals surface area contributed by atoms with Crippen LogP contribution in [-0.2, 0) is 14.4 Å². The maximum Gasteiger partial charge on any atom is 0.323 e. The fourth-order valence-electron chi connectivity index (χ4n) is 2.22. The molecule has 0 bridgehead atoms. The van der Waals surface area contributed by atoms with E-state index in [9.17, 15) is 19.2 Å². The van der Waals surface area contributed by atoms with E-state index < -0.39 is 31.1 Å². The molecule has 118 valence electrons. The molecule has 1 rings (SSSR count). The lowest BCUT2D eigenvalue weighted by Crippen LogP contribution is -2.52. The van der Waals surface area contributed by atoms with Crippen molar-refractivity contribution in [2.45, 2.75) is 25.8 Å². The Hall–Kier alpha value is -2.32. The number of carboxylic acid groups (broad SMARTS) is 2. The number of carbonyl (C=O) groups excluding carboxylic acids is 2. The molecule has 1 saturated heterocycles. The molecular weight excluding hydrogens is 282 g/mol. The largest absolute Gasteiger partial charge is 0.480 e. The highest BCUT2D eigenvalue weighted by atomic mass is 16.4. The standard InChI is InChI=1S/C12H19N3O6/c1-8(16)13-9-2-4-14(5-3-9)12(21)15(6-10(17)18)7-11(19)20/h9H,2-7H2,1H3,(H,13,16)(H,17,18)(H,19,20). The van der Waals surface area contributed by atoms with Crippen LogP contribution in [0.4, 0.5) is 4.79 Å². The molecular formula is C12H19N3O6. The first-order valence-corrected chi connectivity index (χ1v) is 6.54. The number of carbonyl (C=O) groups is 4. The molecule has 0 aromatic carbocycles. The van der Waals surface area contributed by atoms with E-state index in [1.807, 2.05) is 0 Å². The number of carboxylic acids is 2. The zero-order valence-electron chi connectivity index (χ0n) is 11.7. The normalized spacial score (nSPS) is 15.4. The predicted octanol–water partition coefficient (Wildman–Crippen LogP) is -0.822. The van der Waals surface area contributed by atoms with Crippen molar-refractivity contribution in [1.82, 2.24) is 15.1 Å². The van der Waals surface area contributed by atoms with Gasteiger partial charge in [-0.05, 0) is 12.8 Å². The zero-order valence-corrected chi connectivity index (χ0v) is 11.7. The average Bonchev–Trinajstić information content (AvgIpc) is 2.36. The number of nitrogens with one attached hydrogen (secondary N) is 1. The van der Waals surface area contributed by atoms with E-state index >= 15 is 0 Å². The highest BCUT2D eigenvalue weighted by Gasteiger charge is 2.28. The summed E-state index contributed by atoms with van der Waals surface area (Å²) in [4.78, 5) is 46.7. The summed E-state index contributed by atoms with van der Waals surface area (Å²) in [7, 11) is 0. The van der Waals surface area contributed by atoms with Crippen molar-refractivity contribution >= 4 is 23.9 Å². The van der Waals surface area contributed by atoms with Gasteiger partial charge < -0.3 is 25.3 Å². The Morgan fingerprint density at radius 2 is 1.57 bits per heavy atom. The lowest BCUT2D eigenvalue weighted by molar-refractivity contribution is -0.140. The molecule has 0 aromatic rings. The van der Waals surface area contributed by atoms with Gasteiger partial charge in [-0.1, -0.05) is 0 Å². The number of urea groups is 1. The highest BCUT2D eigenvalue weighted by Crippen LogP contribution is 2.12. The number of likely N-dealkylation sites (tertiary alicyclic amines) is 1. The molecule has 0 radical (unpaired) electrons. The van der Waals surface area contributed by atoms with Crippen LogP contribution in [0.1, 0.15) is 19.8 Å². The molecule has 1 aliphatic rings. The van der Waals surface area contributed by atoms with Gasteiger partial charge in [-0.15, -0.1) is 0 Å².